The third-order valence-corrected chi connectivity index (χ3v) is 2.85. The van der Waals surface area contributed by atoms with E-state index in [9.17, 15) is 0 Å². The second-order valence-corrected chi connectivity index (χ2v) is 4.50. The number of nitrogens with one attached hydrogen (secondary N) is 1. The SMILES string of the molecule is CC(C)NCc1c(Cl)cccc1Br. The van der Waals surface area contributed by atoms with E-state index in [2.05, 4.69) is 35.1 Å². The number of halogens is 2. The summed E-state index contributed by atoms with van der Waals surface area (Å²) in [7, 11) is 0. The Balaban J connectivity index is 2.75. The lowest BCUT2D eigenvalue weighted by Crippen LogP contribution is -2.22. The van der Waals surface area contributed by atoms with E-state index < -0.39 is 0 Å². The average molecular weight is 263 g/mol. The highest BCUT2D eigenvalue weighted by Crippen LogP contribution is 2.24. The van der Waals surface area contributed by atoms with Gasteiger partial charge in [-0.05, 0) is 17.7 Å². The Hall–Kier alpha value is -0.0500. The zero-order valence-electron chi connectivity index (χ0n) is 7.77. The molecule has 1 nitrogen and oxygen atoms in total. The van der Waals surface area contributed by atoms with Crippen molar-refractivity contribution in [1.29, 1.82) is 0 Å². The summed E-state index contributed by atoms with van der Waals surface area (Å²) in [5, 5.41) is 4.14. The summed E-state index contributed by atoms with van der Waals surface area (Å²) in [6.07, 6.45) is 0. The highest BCUT2D eigenvalue weighted by molar-refractivity contribution is 9.10. The van der Waals surface area contributed by atoms with E-state index >= 15 is 0 Å². The fourth-order valence-electron chi connectivity index (χ4n) is 1.01. The molecule has 1 aromatic carbocycles. The van der Waals surface area contributed by atoms with Crippen molar-refractivity contribution < 1.29 is 0 Å². The highest BCUT2D eigenvalue weighted by Gasteiger charge is 2.04. The molecule has 0 unspecified atom stereocenters. The molecule has 0 aromatic heterocycles. The van der Waals surface area contributed by atoms with Crippen molar-refractivity contribution in [2.45, 2.75) is 26.4 Å². The van der Waals surface area contributed by atoms with E-state index in [0.717, 1.165) is 21.6 Å². The molecule has 0 radical (unpaired) electrons. The van der Waals surface area contributed by atoms with Crippen LogP contribution in [0.1, 0.15) is 19.4 Å². The van der Waals surface area contributed by atoms with Gasteiger partial charge in [0.05, 0.1) is 0 Å². The molecule has 0 aliphatic rings. The molecular weight excluding hydrogens is 249 g/mol. The third kappa shape index (κ3) is 3.29. The predicted molar refractivity (Wildman–Crippen MR) is 61.1 cm³/mol. The van der Waals surface area contributed by atoms with Crippen molar-refractivity contribution >= 4 is 27.5 Å². The predicted octanol–water partition coefficient (Wildman–Crippen LogP) is 3.60. The number of rotatable bonds is 3. The second kappa shape index (κ2) is 4.99. The van der Waals surface area contributed by atoms with Crippen LogP contribution in [0, 0.1) is 0 Å². The highest BCUT2D eigenvalue weighted by atomic mass is 79.9. The normalized spacial score (nSPS) is 10.8. The summed E-state index contributed by atoms with van der Waals surface area (Å²) in [4.78, 5) is 0. The molecule has 0 amide bonds. The average Bonchev–Trinajstić information content (AvgIpc) is 2.03. The minimum Gasteiger partial charge on any atom is -0.310 e. The first-order valence-electron chi connectivity index (χ1n) is 4.27. The van der Waals surface area contributed by atoms with Gasteiger partial charge in [0, 0.05) is 22.1 Å². The molecule has 0 spiro atoms. The van der Waals surface area contributed by atoms with Crippen LogP contribution in [0.15, 0.2) is 22.7 Å². The Morgan fingerprint density at radius 2 is 2.15 bits per heavy atom. The Morgan fingerprint density at radius 3 is 2.69 bits per heavy atom. The Kier molecular flexibility index (Phi) is 4.23. The van der Waals surface area contributed by atoms with Crippen molar-refractivity contribution in [1.82, 2.24) is 5.32 Å². The molecule has 1 aromatic rings. The summed E-state index contributed by atoms with van der Waals surface area (Å²) >= 11 is 9.52. The zero-order chi connectivity index (χ0) is 9.84. The minimum atomic E-state index is 0.475. The first-order chi connectivity index (χ1) is 6.11. The number of hydrogen-bond acceptors (Lipinski definition) is 1. The first kappa shape index (κ1) is 11.0. The van der Waals surface area contributed by atoms with Crippen LogP contribution < -0.4 is 5.32 Å². The molecular formula is C10H13BrClN. The van der Waals surface area contributed by atoms with Crippen molar-refractivity contribution in [2.24, 2.45) is 0 Å². The summed E-state index contributed by atoms with van der Waals surface area (Å²) in [5.74, 6) is 0. The van der Waals surface area contributed by atoms with Gasteiger partial charge >= 0.3 is 0 Å². The lowest BCUT2D eigenvalue weighted by Gasteiger charge is -2.10. The molecule has 0 fully saturated rings. The van der Waals surface area contributed by atoms with Crippen LogP contribution >= 0.6 is 27.5 Å². The molecule has 0 bridgehead atoms. The summed E-state index contributed by atoms with van der Waals surface area (Å²) in [6.45, 7) is 5.04. The second-order valence-electron chi connectivity index (χ2n) is 3.24. The summed E-state index contributed by atoms with van der Waals surface area (Å²) in [5.41, 5.74) is 1.12. The molecule has 0 saturated heterocycles. The van der Waals surface area contributed by atoms with Crippen LogP contribution in [-0.4, -0.2) is 6.04 Å². The van der Waals surface area contributed by atoms with Crippen molar-refractivity contribution in [3.8, 4) is 0 Å². The largest absolute Gasteiger partial charge is 0.310 e. The number of hydrogen-bond donors (Lipinski definition) is 1. The van der Waals surface area contributed by atoms with E-state index in [1.807, 2.05) is 18.2 Å². The Morgan fingerprint density at radius 1 is 1.46 bits per heavy atom. The standard InChI is InChI=1S/C10H13BrClN/c1-7(2)13-6-8-9(11)4-3-5-10(8)12/h3-5,7,13H,6H2,1-2H3. The molecule has 0 aliphatic carbocycles. The monoisotopic (exact) mass is 261 g/mol. The molecule has 1 N–H and O–H groups in total. The van der Waals surface area contributed by atoms with Crippen LogP contribution in [-0.2, 0) is 6.54 Å². The molecule has 3 heteroatoms. The van der Waals surface area contributed by atoms with Crippen LogP contribution in [0.5, 0.6) is 0 Å². The van der Waals surface area contributed by atoms with Crippen molar-refractivity contribution in [3.63, 3.8) is 0 Å². The minimum absolute atomic E-state index is 0.475. The van der Waals surface area contributed by atoms with E-state index in [0.29, 0.717) is 6.04 Å². The Labute approximate surface area is 92.6 Å². The van der Waals surface area contributed by atoms with Gasteiger partial charge in [0.25, 0.3) is 0 Å². The molecule has 0 heterocycles. The van der Waals surface area contributed by atoms with Gasteiger partial charge in [-0.15, -0.1) is 0 Å². The molecule has 0 atom stereocenters. The van der Waals surface area contributed by atoms with Gasteiger partial charge in [0.2, 0.25) is 0 Å². The maximum Gasteiger partial charge on any atom is 0.0462 e. The Bertz CT molecular complexity index is 266. The van der Waals surface area contributed by atoms with E-state index in [1.54, 1.807) is 0 Å². The molecule has 72 valence electrons. The topological polar surface area (TPSA) is 12.0 Å². The van der Waals surface area contributed by atoms with Gasteiger partial charge in [-0.1, -0.05) is 47.4 Å². The zero-order valence-corrected chi connectivity index (χ0v) is 10.1. The lowest BCUT2D eigenvalue weighted by molar-refractivity contribution is 0.588. The molecule has 1 rings (SSSR count). The van der Waals surface area contributed by atoms with E-state index in [1.165, 1.54) is 0 Å². The maximum atomic E-state index is 6.04. The van der Waals surface area contributed by atoms with Crippen LogP contribution in [0.4, 0.5) is 0 Å². The van der Waals surface area contributed by atoms with Gasteiger partial charge in [0.15, 0.2) is 0 Å². The van der Waals surface area contributed by atoms with Crippen LogP contribution in [0.2, 0.25) is 5.02 Å². The van der Waals surface area contributed by atoms with E-state index in [4.69, 9.17) is 11.6 Å². The lowest BCUT2D eigenvalue weighted by atomic mass is 10.2. The maximum absolute atomic E-state index is 6.04. The van der Waals surface area contributed by atoms with E-state index in [-0.39, 0.29) is 0 Å². The molecule has 0 saturated carbocycles. The fourth-order valence-corrected chi connectivity index (χ4v) is 1.87. The van der Waals surface area contributed by atoms with Gasteiger partial charge in [-0.3, -0.25) is 0 Å². The molecule has 0 aliphatic heterocycles. The first-order valence-corrected chi connectivity index (χ1v) is 5.44. The van der Waals surface area contributed by atoms with Crippen LogP contribution in [0.25, 0.3) is 0 Å². The van der Waals surface area contributed by atoms with Crippen LogP contribution in [0.3, 0.4) is 0 Å². The third-order valence-electron chi connectivity index (χ3n) is 1.75. The molecule has 13 heavy (non-hydrogen) atoms. The van der Waals surface area contributed by atoms with Crippen molar-refractivity contribution in [3.05, 3.63) is 33.3 Å². The summed E-state index contributed by atoms with van der Waals surface area (Å²) in [6, 6.07) is 6.32. The van der Waals surface area contributed by atoms with Crippen molar-refractivity contribution in [2.75, 3.05) is 0 Å². The fraction of sp³-hybridized carbons (Fsp3) is 0.400. The smallest absolute Gasteiger partial charge is 0.0462 e. The van der Waals surface area contributed by atoms with Gasteiger partial charge in [0.1, 0.15) is 0 Å². The van der Waals surface area contributed by atoms with Gasteiger partial charge in [-0.2, -0.15) is 0 Å². The number of benzene rings is 1. The van der Waals surface area contributed by atoms with Gasteiger partial charge < -0.3 is 5.32 Å². The summed E-state index contributed by atoms with van der Waals surface area (Å²) < 4.78 is 1.06. The van der Waals surface area contributed by atoms with Gasteiger partial charge in [-0.25, -0.2) is 0 Å². The quantitative estimate of drug-likeness (QED) is 0.878.